The second-order valence-corrected chi connectivity index (χ2v) is 6.86. The summed E-state index contributed by atoms with van der Waals surface area (Å²) in [6, 6.07) is 18.1. The largest absolute Gasteiger partial charge is 0.497 e. The van der Waals surface area contributed by atoms with Crippen molar-refractivity contribution < 1.29 is 18.8 Å². The van der Waals surface area contributed by atoms with Crippen LogP contribution in [-0.4, -0.2) is 35.1 Å². The molecule has 1 unspecified atom stereocenters. The Labute approximate surface area is 168 Å². The number of amides is 3. The number of nitrogens with one attached hydrogen (secondary N) is 1. The fourth-order valence-corrected chi connectivity index (χ4v) is 3.32. The number of imide groups is 1. The molecule has 2 aromatic carbocycles. The van der Waals surface area contributed by atoms with Gasteiger partial charge < -0.3 is 14.6 Å². The van der Waals surface area contributed by atoms with Gasteiger partial charge in [-0.3, -0.25) is 9.69 Å². The number of benzene rings is 2. The van der Waals surface area contributed by atoms with Gasteiger partial charge in [0.1, 0.15) is 17.5 Å². The van der Waals surface area contributed by atoms with Gasteiger partial charge in [0, 0.05) is 11.6 Å². The molecule has 3 amide bonds. The van der Waals surface area contributed by atoms with E-state index in [1.807, 2.05) is 54.6 Å². The lowest BCUT2D eigenvalue weighted by atomic mass is 10.1. The summed E-state index contributed by atoms with van der Waals surface area (Å²) in [6.07, 6.45) is 1.27. The van der Waals surface area contributed by atoms with Crippen molar-refractivity contribution in [2.75, 3.05) is 7.11 Å². The molecule has 1 aromatic heterocycles. The molecule has 1 N–H and O–H groups in total. The van der Waals surface area contributed by atoms with Crippen LogP contribution in [0, 0.1) is 0 Å². The highest BCUT2D eigenvalue weighted by Crippen LogP contribution is 2.23. The van der Waals surface area contributed by atoms with Crippen LogP contribution >= 0.6 is 0 Å². The topological polar surface area (TPSA) is 84.7 Å². The van der Waals surface area contributed by atoms with E-state index >= 15 is 0 Å². The third-order valence-electron chi connectivity index (χ3n) is 4.93. The minimum atomic E-state index is -0.522. The summed E-state index contributed by atoms with van der Waals surface area (Å²) < 4.78 is 10.5. The minimum Gasteiger partial charge on any atom is -0.497 e. The molecule has 0 saturated carbocycles. The monoisotopic (exact) mass is 391 g/mol. The lowest BCUT2D eigenvalue weighted by Crippen LogP contribution is -2.31. The molecular weight excluding hydrogens is 370 g/mol. The number of rotatable bonds is 7. The Morgan fingerprint density at radius 3 is 2.59 bits per heavy atom. The van der Waals surface area contributed by atoms with E-state index in [1.54, 1.807) is 13.2 Å². The van der Waals surface area contributed by atoms with E-state index in [0.29, 0.717) is 17.9 Å². The predicted octanol–water partition coefficient (Wildman–Crippen LogP) is 3.40. The highest BCUT2D eigenvalue weighted by molar-refractivity contribution is 6.04. The zero-order chi connectivity index (χ0) is 20.2. The van der Waals surface area contributed by atoms with E-state index in [9.17, 15) is 9.59 Å². The molecule has 3 aromatic rings. The number of hydrogen-bond acceptors (Lipinski definition) is 5. The Bertz CT molecular complexity index is 998. The first-order chi connectivity index (χ1) is 14.1. The molecule has 1 aliphatic heterocycles. The minimum absolute atomic E-state index is 0.0512. The molecule has 148 valence electrons. The highest BCUT2D eigenvalue weighted by Gasteiger charge is 2.38. The van der Waals surface area contributed by atoms with Crippen molar-refractivity contribution >= 4 is 11.9 Å². The number of aromatic nitrogens is 1. The van der Waals surface area contributed by atoms with Crippen molar-refractivity contribution in [3.63, 3.8) is 0 Å². The Morgan fingerprint density at radius 1 is 1.10 bits per heavy atom. The van der Waals surface area contributed by atoms with Crippen LogP contribution in [0.15, 0.2) is 65.2 Å². The summed E-state index contributed by atoms with van der Waals surface area (Å²) in [6.45, 7) is 0.0512. The van der Waals surface area contributed by atoms with E-state index in [-0.39, 0.29) is 12.5 Å². The van der Waals surface area contributed by atoms with Crippen molar-refractivity contribution in [1.82, 2.24) is 15.4 Å². The molecule has 7 nitrogen and oxygen atoms in total. The number of hydrogen-bond donors (Lipinski definition) is 1. The van der Waals surface area contributed by atoms with Crippen molar-refractivity contribution in [1.29, 1.82) is 0 Å². The number of carbonyl (C=O) groups excluding carboxylic acids is 2. The second kappa shape index (κ2) is 8.18. The lowest BCUT2D eigenvalue weighted by Gasteiger charge is -2.10. The maximum Gasteiger partial charge on any atom is 0.325 e. The van der Waals surface area contributed by atoms with Crippen molar-refractivity contribution in [3.05, 3.63) is 72.0 Å². The highest BCUT2D eigenvalue weighted by atomic mass is 16.5. The van der Waals surface area contributed by atoms with E-state index in [2.05, 4.69) is 10.5 Å². The van der Waals surface area contributed by atoms with E-state index in [1.165, 1.54) is 4.90 Å². The van der Waals surface area contributed by atoms with Gasteiger partial charge in [0.05, 0.1) is 13.7 Å². The number of ether oxygens (including phenoxy) is 1. The quantitative estimate of drug-likeness (QED) is 0.624. The Balaban J connectivity index is 1.39. The molecule has 0 spiro atoms. The number of methoxy groups -OCH3 is 1. The summed E-state index contributed by atoms with van der Waals surface area (Å²) in [4.78, 5) is 26.1. The van der Waals surface area contributed by atoms with Crippen LogP contribution in [0.2, 0.25) is 0 Å². The SMILES string of the molecule is COc1ccc(-c2cc(CN3C(=O)NC(CCc4ccccc4)C3=O)on2)cc1. The summed E-state index contributed by atoms with van der Waals surface area (Å²) in [5, 5.41) is 6.80. The molecule has 0 radical (unpaired) electrons. The molecule has 4 rings (SSSR count). The van der Waals surface area contributed by atoms with Crippen LogP contribution in [0.25, 0.3) is 11.3 Å². The maximum absolute atomic E-state index is 12.7. The average molecular weight is 391 g/mol. The fraction of sp³-hybridized carbons (Fsp3) is 0.227. The van der Waals surface area contributed by atoms with Gasteiger partial charge >= 0.3 is 6.03 Å². The van der Waals surface area contributed by atoms with Gasteiger partial charge in [-0.25, -0.2) is 4.79 Å². The van der Waals surface area contributed by atoms with Crippen molar-refractivity contribution in [2.24, 2.45) is 0 Å². The molecule has 1 aliphatic rings. The van der Waals surface area contributed by atoms with Gasteiger partial charge in [0.15, 0.2) is 5.76 Å². The van der Waals surface area contributed by atoms with E-state index in [0.717, 1.165) is 23.3 Å². The van der Waals surface area contributed by atoms with Crippen molar-refractivity contribution in [2.45, 2.75) is 25.4 Å². The predicted molar refractivity (Wildman–Crippen MR) is 106 cm³/mol. The van der Waals surface area contributed by atoms with Crippen molar-refractivity contribution in [3.8, 4) is 17.0 Å². The van der Waals surface area contributed by atoms with Crippen LogP contribution in [0.3, 0.4) is 0 Å². The third-order valence-corrected chi connectivity index (χ3v) is 4.93. The summed E-state index contributed by atoms with van der Waals surface area (Å²) >= 11 is 0. The Kier molecular flexibility index (Phi) is 5.29. The molecule has 7 heteroatoms. The normalized spacial score (nSPS) is 16.2. The summed E-state index contributed by atoms with van der Waals surface area (Å²) in [5.74, 6) is 0.953. The van der Waals surface area contributed by atoms with Crippen LogP contribution < -0.4 is 10.1 Å². The van der Waals surface area contributed by atoms with E-state index < -0.39 is 12.1 Å². The molecule has 1 atom stereocenters. The number of carbonyl (C=O) groups is 2. The molecule has 29 heavy (non-hydrogen) atoms. The Hall–Kier alpha value is -3.61. The third kappa shape index (κ3) is 4.13. The first-order valence-corrected chi connectivity index (χ1v) is 9.40. The van der Waals surface area contributed by atoms with Gasteiger partial charge in [-0.1, -0.05) is 35.5 Å². The Morgan fingerprint density at radius 2 is 1.86 bits per heavy atom. The first kappa shape index (κ1) is 18.7. The van der Waals surface area contributed by atoms with Gasteiger partial charge in [-0.2, -0.15) is 0 Å². The number of aryl methyl sites for hydroxylation is 1. The van der Waals surface area contributed by atoms with Gasteiger partial charge in [-0.15, -0.1) is 0 Å². The average Bonchev–Trinajstić information content (AvgIpc) is 3.33. The van der Waals surface area contributed by atoms with Gasteiger partial charge in [-0.05, 0) is 42.7 Å². The molecule has 0 aliphatic carbocycles. The molecule has 1 fully saturated rings. The van der Waals surface area contributed by atoms with Crippen LogP contribution in [0.4, 0.5) is 4.79 Å². The van der Waals surface area contributed by atoms with Crippen LogP contribution in [-0.2, 0) is 17.8 Å². The molecule has 1 saturated heterocycles. The zero-order valence-corrected chi connectivity index (χ0v) is 16.0. The smallest absolute Gasteiger partial charge is 0.325 e. The molecule has 0 bridgehead atoms. The standard InChI is InChI=1S/C22H21N3O4/c1-28-17-10-8-16(9-11-17)20-13-18(29-24-20)14-25-21(26)19(23-22(25)27)12-7-15-5-3-2-4-6-15/h2-6,8-11,13,19H,7,12,14H2,1H3,(H,23,27). The zero-order valence-electron chi connectivity index (χ0n) is 16.0. The second-order valence-electron chi connectivity index (χ2n) is 6.86. The summed E-state index contributed by atoms with van der Waals surface area (Å²) in [7, 11) is 1.61. The number of urea groups is 1. The molecule has 2 heterocycles. The summed E-state index contributed by atoms with van der Waals surface area (Å²) in [5.41, 5.74) is 2.63. The lowest BCUT2D eigenvalue weighted by molar-refractivity contribution is -0.128. The van der Waals surface area contributed by atoms with Crippen LogP contribution in [0.1, 0.15) is 17.7 Å². The van der Waals surface area contributed by atoms with Crippen LogP contribution in [0.5, 0.6) is 5.75 Å². The molecular formula is C22H21N3O4. The first-order valence-electron chi connectivity index (χ1n) is 9.40. The fourth-order valence-electron chi connectivity index (χ4n) is 3.32. The van der Waals surface area contributed by atoms with E-state index in [4.69, 9.17) is 9.26 Å². The van der Waals surface area contributed by atoms with Gasteiger partial charge in [0.2, 0.25) is 0 Å². The maximum atomic E-state index is 12.7. The van der Waals surface area contributed by atoms with Gasteiger partial charge in [0.25, 0.3) is 5.91 Å². The number of nitrogens with zero attached hydrogens (tertiary/aromatic N) is 2.